The molecule has 0 fully saturated rings. The van der Waals surface area contributed by atoms with Crippen LogP contribution >= 0.6 is 15.9 Å². The maximum absolute atomic E-state index is 3.50. The highest BCUT2D eigenvalue weighted by atomic mass is 79.9. The first-order valence-corrected chi connectivity index (χ1v) is 8.09. The summed E-state index contributed by atoms with van der Waals surface area (Å²) in [5.41, 5.74) is 5.90. The van der Waals surface area contributed by atoms with Gasteiger partial charge in [0.2, 0.25) is 0 Å². The maximum Gasteiger partial charge on any atom is 0.0358 e. The van der Waals surface area contributed by atoms with Crippen molar-refractivity contribution >= 4 is 15.9 Å². The Kier molecular flexibility index (Phi) is 4.23. The van der Waals surface area contributed by atoms with E-state index in [1.54, 1.807) is 11.1 Å². The molecule has 0 amide bonds. The molecule has 0 aromatic heterocycles. The van der Waals surface area contributed by atoms with Crippen molar-refractivity contribution in [2.75, 3.05) is 7.05 Å². The van der Waals surface area contributed by atoms with Crippen molar-refractivity contribution in [2.45, 2.75) is 31.7 Å². The van der Waals surface area contributed by atoms with E-state index in [1.807, 2.05) is 7.05 Å². The van der Waals surface area contributed by atoms with Gasteiger partial charge in [-0.2, -0.15) is 0 Å². The highest BCUT2D eigenvalue weighted by Crippen LogP contribution is 2.26. The number of hydrogen-bond donors (Lipinski definition) is 1. The zero-order valence-corrected chi connectivity index (χ0v) is 13.4. The minimum atomic E-state index is 0.377. The molecule has 1 atom stereocenters. The molecule has 0 aliphatic heterocycles. The van der Waals surface area contributed by atoms with Crippen LogP contribution < -0.4 is 5.32 Å². The van der Waals surface area contributed by atoms with E-state index < -0.39 is 0 Å². The minimum absolute atomic E-state index is 0.377. The number of rotatable bonds is 4. The smallest absolute Gasteiger partial charge is 0.0358 e. The third kappa shape index (κ3) is 2.97. The Labute approximate surface area is 129 Å². The van der Waals surface area contributed by atoms with Gasteiger partial charge >= 0.3 is 0 Å². The summed E-state index contributed by atoms with van der Waals surface area (Å²) in [6.45, 7) is 0. The number of hydrogen-bond acceptors (Lipinski definition) is 1. The Morgan fingerprint density at radius 3 is 2.55 bits per heavy atom. The molecule has 1 unspecified atom stereocenters. The summed E-state index contributed by atoms with van der Waals surface area (Å²) in [6.07, 6.45) is 4.88. The molecular weight excluding hydrogens is 310 g/mol. The topological polar surface area (TPSA) is 12.0 Å². The molecule has 104 valence electrons. The molecule has 0 saturated carbocycles. The van der Waals surface area contributed by atoms with Gasteiger partial charge in [-0.15, -0.1) is 0 Å². The van der Waals surface area contributed by atoms with E-state index in [4.69, 9.17) is 0 Å². The van der Waals surface area contributed by atoms with Crippen LogP contribution in [-0.2, 0) is 19.3 Å². The van der Waals surface area contributed by atoms with Crippen LogP contribution in [0, 0.1) is 0 Å². The van der Waals surface area contributed by atoms with E-state index in [0.29, 0.717) is 6.04 Å². The Morgan fingerprint density at radius 2 is 1.80 bits per heavy atom. The largest absolute Gasteiger partial charge is 0.313 e. The Hall–Kier alpha value is -1.12. The maximum atomic E-state index is 3.50. The van der Waals surface area contributed by atoms with E-state index >= 15 is 0 Å². The second-order valence-electron chi connectivity index (χ2n) is 5.55. The molecule has 0 spiro atoms. The molecule has 1 N–H and O–H groups in total. The fourth-order valence-corrected chi connectivity index (χ4v) is 3.33. The van der Waals surface area contributed by atoms with Gasteiger partial charge in [0.1, 0.15) is 0 Å². The molecule has 1 aliphatic carbocycles. The number of likely N-dealkylation sites (N-methyl/N-ethyl adjacent to an activating group) is 1. The van der Waals surface area contributed by atoms with Crippen LogP contribution in [0.2, 0.25) is 0 Å². The molecule has 1 nitrogen and oxygen atoms in total. The summed E-state index contributed by atoms with van der Waals surface area (Å²) in [5, 5.41) is 3.44. The van der Waals surface area contributed by atoms with Crippen molar-refractivity contribution in [3.63, 3.8) is 0 Å². The van der Waals surface area contributed by atoms with Gasteiger partial charge in [0.15, 0.2) is 0 Å². The number of fused-ring (bicyclic) bond motifs is 1. The van der Waals surface area contributed by atoms with Gasteiger partial charge in [0.25, 0.3) is 0 Å². The summed E-state index contributed by atoms with van der Waals surface area (Å²) in [4.78, 5) is 0. The zero-order chi connectivity index (χ0) is 13.9. The average Bonchev–Trinajstić information content (AvgIpc) is 2.93. The number of halogens is 1. The second-order valence-corrected chi connectivity index (χ2v) is 6.47. The summed E-state index contributed by atoms with van der Waals surface area (Å²) < 4.78 is 1.13. The lowest BCUT2D eigenvalue weighted by atomic mass is 9.97. The second kappa shape index (κ2) is 6.11. The van der Waals surface area contributed by atoms with Crippen LogP contribution in [0.3, 0.4) is 0 Å². The number of aryl methyl sites for hydroxylation is 2. The van der Waals surface area contributed by atoms with E-state index in [0.717, 1.165) is 10.9 Å². The van der Waals surface area contributed by atoms with Gasteiger partial charge in [-0.3, -0.25) is 0 Å². The molecular formula is C18H20BrN. The van der Waals surface area contributed by atoms with Crippen molar-refractivity contribution in [3.8, 4) is 0 Å². The van der Waals surface area contributed by atoms with Crippen LogP contribution in [0.1, 0.15) is 34.7 Å². The van der Waals surface area contributed by atoms with E-state index in [1.165, 1.54) is 30.4 Å². The third-order valence-corrected chi connectivity index (χ3v) is 4.75. The number of nitrogens with one attached hydrogen (secondary N) is 1. The van der Waals surface area contributed by atoms with Crippen molar-refractivity contribution in [3.05, 3.63) is 69.2 Å². The van der Waals surface area contributed by atoms with Crippen LogP contribution in [0.4, 0.5) is 0 Å². The van der Waals surface area contributed by atoms with E-state index in [9.17, 15) is 0 Å². The predicted molar refractivity (Wildman–Crippen MR) is 88.1 cm³/mol. The number of benzene rings is 2. The van der Waals surface area contributed by atoms with Gasteiger partial charge in [-0.05, 0) is 67.1 Å². The fourth-order valence-electron chi connectivity index (χ4n) is 3.07. The summed E-state index contributed by atoms with van der Waals surface area (Å²) in [5.74, 6) is 0. The van der Waals surface area contributed by atoms with Crippen molar-refractivity contribution in [1.29, 1.82) is 0 Å². The molecule has 2 heteroatoms. The van der Waals surface area contributed by atoms with E-state index in [-0.39, 0.29) is 0 Å². The Balaban J connectivity index is 1.79. The Morgan fingerprint density at radius 1 is 1.05 bits per heavy atom. The van der Waals surface area contributed by atoms with Gasteiger partial charge in [-0.25, -0.2) is 0 Å². The van der Waals surface area contributed by atoms with Crippen LogP contribution in [0.5, 0.6) is 0 Å². The van der Waals surface area contributed by atoms with Crippen LogP contribution in [0.25, 0.3) is 0 Å². The standard InChI is InChI=1S/C18H20BrN/c1-20-18(15-7-9-17(19)10-8-15)12-13-5-6-14-3-2-4-16(14)11-13/h5-11,18,20H,2-4,12H2,1H3. The van der Waals surface area contributed by atoms with Gasteiger partial charge in [0, 0.05) is 10.5 Å². The molecule has 2 aromatic carbocycles. The molecule has 20 heavy (non-hydrogen) atoms. The summed E-state index contributed by atoms with van der Waals surface area (Å²) >= 11 is 3.50. The van der Waals surface area contributed by atoms with Gasteiger partial charge in [-0.1, -0.05) is 46.3 Å². The molecule has 0 radical (unpaired) electrons. The molecule has 3 rings (SSSR count). The van der Waals surface area contributed by atoms with Crippen molar-refractivity contribution < 1.29 is 0 Å². The zero-order valence-electron chi connectivity index (χ0n) is 11.8. The van der Waals surface area contributed by atoms with Crippen LogP contribution in [-0.4, -0.2) is 7.05 Å². The molecule has 1 aliphatic rings. The Bertz CT molecular complexity index is 589. The fraction of sp³-hybridized carbons (Fsp3) is 0.333. The molecule has 0 bridgehead atoms. The highest BCUT2D eigenvalue weighted by Gasteiger charge is 2.14. The molecule has 0 heterocycles. The SMILES string of the molecule is CNC(Cc1ccc2c(c1)CCC2)c1ccc(Br)cc1. The summed E-state index contributed by atoms with van der Waals surface area (Å²) in [7, 11) is 2.04. The van der Waals surface area contributed by atoms with Crippen molar-refractivity contribution in [1.82, 2.24) is 5.32 Å². The van der Waals surface area contributed by atoms with Crippen LogP contribution in [0.15, 0.2) is 46.9 Å². The van der Waals surface area contributed by atoms with Crippen molar-refractivity contribution in [2.24, 2.45) is 0 Å². The van der Waals surface area contributed by atoms with Gasteiger partial charge < -0.3 is 5.32 Å². The molecule has 0 saturated heterocycles. The lowest BCUT2D eigenvalue weighted by Gasteiger charge is -2.17. The first-order chi connectivity index (χ1) is 9.76. The third-order valence-electron chi connectivity index (χ3n) is 4.22. The lowest BCUT2D eigenvalue weighted by Crippen LogP contribution is -2.18. The first kappa shape index (κ1) is 13.8. The predicted octanol–water partition coefficient (Wildman–Crippen LogP) is 4.44. The average molecular weight is 330 g/mol. The van der Waals surface area contributed by atoms with E-state index in [2.05, 4.69) is 63.7 Å². The lowest BCUT2D eigenvalue weighted by molar-refractivity contribution is 0.592. The summed E-state index contributed by atoms with van der Waals surface area (Å²) in [6, 6.07) is 16.0. The first-order valence-electron chi connectivity index (χ1n) is 7.29. The minimum Gasteiger partial charge on any atom is -0.313 e. The highest BCUT2D eigenvalue weighted by molar-refractivity contribution is 9.10. The monoisotopic (exact) mass is 329 g/mol. The van der Waals surface area contributed by atoms with Gasteiger partial charge in [0.05, 0.1) is 0 Å². The molecule has 2 aromatic rings. The quantitative estimate of drug-likeness (QED) is 0.874. The normalized spacial score (nSPS) is 15.1.